The zero-order chi connectivity index (χ0) is 11.7. The Morgan fingerprint density at radius 3 is 2.41 bits per heavy atom. The second-order valence-electron chi connectivity index (χ2n) is 3.98. The van der Waals surface area contributed by atoms with Gasteiger partial charge >= 0.3 is 0 Å². The van der Waals surface area contributed by atoms with Crippen molar-refractivity contribution in [2.75, 3.05) is 0 Å². The molecule has 0 spiro atoms. The molecule has 0 bridgehead atoms. The summed E-state index contributed by atoms with van der Waals surface area (Å²) in [7, 11) is 0. The third-order valence-corrected chi connectivity index (χ3v) is 2.83. The molecule has 1 aliphatic rings. The van der Waals surface area contributed by atoms with Crippen molar-refractivity contribution in [2.24, 2.45) is 0 Å². The Balaban J connectivity index is 1.94. The van der Waals surface area contributed by atoms with Crippen molar-refractivity contribution in [3.63, 3.8) is 0 Å². The van der Waals surface area contributed by atoms with Gasteiger partial charge in [0.05, 0.1) is 0 Å². The van der Waals surface area contributed by atoms with Crippen LogP contribution in [0.25, 0.3) is 5.76 Å². The standard InChI is InChI=1S/C15H12O2/c16-14-10-15(13-9-5-4-8-12(13)14)17-11-6-2-1-3-7-11/h1-10,14,16H. The molecule has 1 unspecified atom stereocenters. The van der Waals surface area contributed by atoms with Gasteiger partial charge in [0.1, 0.15) is 17.6 Å². The smallest absolute Gasteiger partial charge is 0.133 e. The van der Waals surface area contributed by atoms with E-state index >= 15 is 0 Å². The van der Waals surface area contributed by atoms with Gasteiger partial charge in [-0.2, -0.15) is 0 Å². The van der Waals surface area contributed by atoms with E-state index in [9.17, 15) is 5.11 Å². The van der Waals surface area contributed by atoms with Gasteiger partial charge in [-0.1, -0.05) is 42.5 Å². The monoisotopic (exact) mass is 224 g/mol. The average molecular weight is 224 g/mol. The predicted octanol–water partition coefficient (Wildman–Crippen LogP) is 3.15. The Labute approximate surface area is 99.8 Å². The molecule has 3 rings (SSSR count). The summed E-state index contributed by atoms with van der Waals surface area (Å²) in [5.74, 6) is 1.50. The fourth-order valence-electron chi connectivity index (χ4n) is 2.01. The number of benzene rings is 2. The van der Waals surface area contributed by atoms with Gasteiger partial charge in [0.15, 0.2) is 0 Å². The largest absolute Gasteiger partial charge is 0.457 e. The first-order chi connectivity index (χ1) is 8.34. The van der Waals surface area contributed by atoms with Gasteiger partial charge in [-0.25, -0.2) is 0 Å². The summed E-state index contributed by atoms with van der Waals surface area (Å²) in [5, 5.41) is 9.87. The second kappa shape index (κ2) is 4.07. The summed E-state index contributed by atoms with van der Waals surface area (Å²) in [6.45, 7) is 0. The van der Waals surface area contributed by atoms with Crippen LogP contribution < -0.4 is 4.74 Å². The second-order valence-corrected chi connectivity index (χ2v) is 3.98. The zero-order valence-electron chi connectivity index (χ0n) is 9.21. The zero-order valence-corrected chi connectivity index (χ0v) is 9.21. The summed E-state index contributed by atoms with van der Waals surface area (Å²) in [5.41, 5.74) is 1.86. The number of para-hydroxylation sites is 1. The van der Waals surface area contributed by atoms with Crippen molar-refractivity contribution in [3.05, 3.63) is 71.8 Å². The highest BCUT2D eigenvalue weighted by Crippen LogP contribution is 2.35. The van der Waals surface area contributed by atoms with Crippen molar-refractivity contribution in [3.8, 4) is 5.75 Å². The van der Waals surface area contributed by atoms with Gasteiger partial charge in [0.2, 0.25) is 0 Å². The highest BCUT2D eigenvalue weighted by molar-refractivity contribution is 5.71. The van der Waals surface area contributed by atoms with Gasteiger partial charge in [-0.05, 0) is 23.8 Å². The predicted molar refractivity (Wildman–Crippen MR) is 66.4 cm³/mol. The van der Waals surface area contributed by atoms with Crippen LogP contribution in [0.3, 0.4) is 0 Å². The van der Waals surface area contributed by atoms with Gasteiger partial charge in [-0.15, -0.1) is 0 Å². The fourth-order valence-corrected chi connectivity index (χ4v) is 2.01. The number of rotatable bonds is 2. The van der Waals surface area contributed by atoms with Crippen LogP contribution in [0.1, 0.15) is 17.2 Å². The molecule has 0 saturated heterocycles. The maximum absolute atomic E-state index is 9.87. The van der Waals surface area contributed by atoms with Crippen LogP contribution in [0.15, 0.2) is 60.7 Å². The molecular formula is C15H12O2. The molecule has 84 valence electrons. The Morgan fingerprint density at radius 1 is 0.882 bits per heavy atom. The van der Waals surface area contributed by atoms with Gasteiger partial charge in [0, 0.05) is 5.56 Å². The molecule has 2 heteroatoms. The Bertz CT molecular complexity index is 558. The fraction of sp³-hybridized carbons (Fsp3) is 0.0667. The first kappa shape index (κ1) is 10.1. The van der Waals surface area contributed by atoms with E-state index in [2.05, 4.69) is 0 Å². The summed E-state index contributed by atoms with van der Waals surface area (Å²) >= 11 is 0. The van der Waals surface area contributed by atoms with Crippen LogP contribution in [-0.2, 0) is 0 Å². The molecular weight excluding hydrogens is 212 g/mol. The van der Waals surface area contributed by atoms with Gasteiger partial charge in [-0.3, -0.25) is 0 Å². The molecule has 2 aromatic carbocycles. The number of ether oxygens (including phenoxy) is 1. The van der Waals surface area contributed by atoms with E-state index in [1.807, 2.05) is 54.6 Å². The normalized spacial score (nSPS) is 17.5. The van der Waals surface area contributed by atoms with Crippen LogP contribution in [0.5, 0.6) is 5.75 Å². The Hall–Kier alpha value is -2.06. The first-order valence-corrected chi connectivity index (χ1v) is 5.57. The van der Waals surface area contributed by atoms with Crippen molar-refractivity contribution in [1.82, 2.24) is 0 Å². The van der Waals surface area contributed by atoms with E-state index in [0.717, 1.165) is 22.6 Å². The minimum Gasteiger partial charge on any atom is -0.457 e. The molecule has 0 aliphatic heterocycles. The molecule has 1 atom stereocenters. The summed E-state index contributed by atoms with van der Waals surface area (Å²) in [6, 6.07) is 17.3. The van der Waals surface area contributed by atoms with Crippen molar-refractivity contribution >= 4 is 5.76 Å². The Morgan fingerprint density at radius 2 is 1.59 bits per heavy atom. The van der Waals surface area contributed by atoms with Crippen LogP contribution in [0.4, 0.5) is 0 Å². The summed E-state index contributed by atoms with van der Waals surface area (Å²) < 4.78 is 5.77. The van der Waals surface area contributed by atoms with Crippen LogP contribution in [0.2, 0.25) is 0 Å². The van der Waals surface area contributed by atoms with Crippen LogP contribution in [0, 0.1) is 0 Å². The first-order valence-electron chi connectivity index (χ1n) is 5.57. The number of hydrogen-bond donors (Lipinski definition) is 1. The molecule has 1 N–H and O–H groups in total. The molecule has 0 amide bonds. The number of aliphatic hydroxyl groups excluding tert-OH is 1. The lowest BCUT2D eigenvalue weighted by atomic mass is 10.1. The minimum absolute atomic E-state index is 0.565. The van der Waals surface area contributed by atoms with E-state index in [-0.39, 0.29) is 0 Å². The third-order valence-electron chi connectivity index (χ3n) is 2.83. The van der Waals surface area contributed by atoms with Crippen molar-refractivity contribution in [1.29, 1.82) is 0 Å². The van der Waals surface area contributed by atoms with Crippen molar-refractivity contribution < 1.29 is 9.84 Å². The highest BCUT2D eigenvalue weighted by atomic mass is 16.5. The van der Waals surface area contributed by atoms with Gasteiger partial charge in [0.25, 0.3) is 0 Å². The average Bonchev–Trinajstić information content (AvgIpc) is 2.69. The van der Waals surface area contributed by atoms with E-state index in [0.29, 0.717) is 0 Å². The topological polar surface area (TPSA) is 29.5 Å². The molecule has 0 radical (unpaired) electrons. The molecule has 0 fully saturated rings. The van der Waals surface area contributed by atoms with Crippen LogP contribution >= 0.6 is 0 Å². The molecule has 2 nitrogen and oxygen atoms in total. The molecule has 1 aliphatic carbocycles. The summed E-state index contributed by atoms with van der Waals surface area (Å²) in [4.78, 5) is 0. The lowest BCUT2D eigenvalue weighted by Crippen LogP contribution is -1.93. The molecule has 17 heavy (non-hydrogen) atoms. The van der Waals surface area contributed by atoms with E-state index in [1.54, 1.807) is 6.08 Å². The lowest BCUT2D eigenvalue weighted by Gasteiger charge is -2.07. The van der Waals surface area contributed by atoms with Gasteiger partial charge < -0.3 is 9.84 Å². The highest BCUT2D eigenvalue weighted by Gasteiger charge is 2.22. The molecule has 0 heterocycles. The molecule has 0 saturated carbocycles. The summed E-state index contributed by atoms with van der Waals surface area (Å²) in [6.07, 6.45) is 1.17. The third kappa shape index (κ3) is 1.83. The number of hydrogen-bond acceptors (Lipinski definition) is 2. The molecule has 2 aromatic rings. The quantitative estimate of drug-likeness (QED) is 0.849. The van der Waals surface area contributed by atoms with E-state index in [1.165, 1.54) is 0 Å². The van der Waals surface area contributed by atoms with Crippen molar-refractivity contribution in [2.45, 2.75) is 6.10 Å². The SMILES string of the molecule is OC1C=C(Oc2ccccc2)c2ccccc21. The number of fused-ring (bicyclic) bond motifs is 1. The maximum Gasteiger partial charge on any atom is 0.133 e. The lowest BCUT2D eigenvalue weighted by molar-refractivity contribution is 0.231. The van der Waals surface area contributed by atoms with E-state index < -0.39 is 6.10 Å². The number of aliphatic hydroxyl groups is 1. The molecule has 0 aromatic heterocycles. The minimum atomic E-state index is -0.565. The van der Waals surface area contributed by atoms with E-state index in [4.69, 9.17) is 4.74 Å². The Kier molecular flexibility index (Phi) is 2.42. The van der Waals surface area contributed by atoms with Crippen LogP contribution in [-0.4, -0.2) is 5.11 Å². The maximum atomic E-state index is 9.87.